The van der Waals surface area contributed by atoms with Crippen molar-refractivity contribution in [1.82, 2.24) is 10.6 Å². The summed E-state index contributed by atoms with van der Waals surface area (Å²) in [5, 5.41) is 6.74. The van der Waals surface area contributed by atoms with Crippen LogP contribution in [-0.4, -0.2) is 32.1 Å². The van der Waals surface area contributed by atoms with Gasteiger partial charge in [0.15, 0.2) is 0 Å². The lowest BCUT2D eigenvalue weighted by atomic mass is 10.0. The Morgan fingerprint density at radius 1 is 1.39 bits per heavy atom. The van der Waals surface area contributed by atoms with Gasteiger partial charge >= 0.3 is 0 Å². The number of ether oxygens (including phenoxy) is 1. The molecule has 1 aliphatic rings. The molecule has 0 unspecified atom stereocenters. The molecule has 1 aliphatic heterocycles. The monoisotopic (exact) mass is 268 g/mol. The lowest BCUT2D eigenvalue weighted by Crippen LogP contribution is -2.48. The summed E-state index contributed by atoms with van der Waals surface area (Å²) < 4.78 is 5.45. The lowest BCUT2D eigenvalue weighted by molar-refractivity contribution is -0.121. The fraction of sp³-hybridized carbons (Fsp3) is 0.462. The normalized spacial score (nSPS) is 14.9. The predicted molar refractivity (Wildman–Crippen MR) is 70.9 cm³/mol. The molecule has 1 aromatic carbocycles. The number of benzene rings is 1. The molecule has 0 atom stereocenters. The van der Waals surface area contributed by atoms with Crippen molar-refractivity contribution in [3.63, 3.8) is 0 Å². The Morgan fingerprint density at radius 3 is 2.72 bits per heavy atom. The maximum atomic E-state index is 11.5. The second-order valence-electron chi connectivity index (χ2n) is 4.38. The Kier molecular flexibility index (Phi) is 4.84. The van der Waals surface area contributed by atoms with Crippen LogP contribution >= 0.6 is 11.6 Å². The summed E-state index contributed by atoms with van der Waals surface area (Å²) in [5.41, 5.74) is 0. The fourth-order valence-electron chi connectivity index (χ4n) is 1.63. The number of hydrogen-bond acceptors (Lipinski definition) is 3. The zero-order chi connectivity index (χ0) is 12.8. The van der Waals surface area contributed by atoms with Gasteiger partial charge in [0, 0.05) is 30.6 Å². The van der Waals surface area contributed by atoms with Gasteiger partial charge in [0.2, 0.25) is 5.91 Å². The van der Waals surface area contributed by atoms with E-state index in [1.807, 2.05) is 0 Å². The largest absolute Gasteiger partial charge is 0.493 e. The molecule has 1 fully saturated rings. The van der Waals surface area contributed by atoms with E-state index in [0.29, 0.717) is 24.0 Å². The Hall–Kier alpha value is -1.26. The quantitative estimate of drug-likeness (QED) is 0.821. The van der Waals surface area contributed by atoms with E-state index in [0.717, 1.165) is 25.4 Å². The van der Waals surface area contributed by atoms with Crippen LogP contribution in [0.4, 0.5) is 0 Å². The molecule has 1 saturated heterocycles. The van der Waals surface area contributed by atoms with E-state index < -0.39 is 0 Å². The molecule has 0 radical (unpaired) electrons. The highest BCUT2D eigenvalue weighted by atomic mass is 35.5. The molecule has 4 nitrogen and oxygen atoms in total. The Labute approximate surface area is 112 Å². The number of rotatable bonds is 6. The molecule has 0 saturated carbocycles. The van der Waals surface area contributed by atoms with E-state index in [-0.39, 0.29) is 5.91 Å². The van der Waals surface area contributed by atoms with Gasteiger partial charge in [0.25, 0.3) is 0 Å². The highest BCUT2D eigenvalue weighted by Crippen LogP contribution is 2.15. The number of halogens is 1. The summed E-state index contributed by atoms with van der Waals surface area (Å²) in [4.78, 5) is 11.5. The molecule has 2 rings (SSSR count). The summed E-state index contributed by atoms with van der Waals surface area (Å²) in [6.45, 7) is 3.15. The number of nitrogens with one attached hydrogen (secondary N) is 2. The first-order chi connectivity index (χ1) is 8.74. The number of hydrogen-bond donors (Lipinski definition) is 2. The number of carbonyl (C=O) groups excluding carboxylic acids is 1. The van der Waals surface area contributed by atoms with Crippen LogP contribution in [0.1, 0.15) is 6.42 Å². The van der Waals surface area contributed by atoms with Gasteiger partial charge < -0.3 is 15.4 Å². The molecule has 1 heterocycles. The Morgan fingerprint density at radius 2 is 2.11 bits per heavy atom. The SMILES string of the molecule is O=C(CCOc1ccc(Cl)cc1)NCC1CNC1. The molecule has 0 aromatic heterocycles. The van der Waals surface area contributed by atoms with Gasteiger partial charge in [0.1, 0.15) is 5.75 Å². The minimum Gasteiger partial charge on any atom is -0.493 e. The molecular weight excluding hydrogens is 252 g/mol. The zero-order valence-electron chi connectivity index (χ0n) is 10.1. The topological polar surface area (TPSA) is 50.4 Å². The standard InChI is InChI=1S/C13H17ClN2O2/c14-11-1-3-12(4-2-11)18-6-5-13(17)16-9-10-7-15-8-10/h1-4,10,15H,5-9H2,(H,16,17). The molecule has 1 aromatic rings. The van der Waals surface area contributed by atoms with Crippen LogP contribution in [0.5, 0.6) is 5.75 Å². The Balaban J connectivity index is 1.59. The van der Waals surface area contributed by atoms with Gasteiger partial charge in [-0.1, -0.05) is 11.6 Å². The summed E-state index contributed by atoms with van der Waals surface area (Å²) in [6, 6.07) is 7.11. The van der Waals surface area contributed by atoms with E-state index >= 15 is 0 Å². The molecule has 5 heteroatoms. The molecule has 0 bridgehead atoms. The Bertz CT molecular complexity index is 390. The first-order valence-electron chi connectivity index (χ1n) is 6.10. The van der Waals surface area contributed by atoms with Gasteiger partial charge in [-0.3, -0.25) is 4.79 Å². The van der Waals surface area contributed by atoms with Crippen molar-refractivity contribution in [1.29, 1.82) is 0 Å². The summed E-state index contributed by atoms with van der Waals surface area (Å²) >= 11 is 5.76. The average molecular weight is 269 g/mol. The van der Waals surface area contributed by atoms with E-state index in [1.165, 1.54) is 0 Å². The van der Waals surface area contributed by atoms with Gasteiger partial charge in [-0.15, -0.1) is 0 Å². The highest BCUT2D eigenvalue weighted by Gasteiger charge is 2.16. The second kappa shape index (κ2) is 6.61. The third-order valence-corrected chi connectivity index (χ3v) is 3.12. The minimum atomic E-state index is 0.0378. The molecule has 98 valence electrons. The first kappa shape index (κ1) is 13.2. The van der Waals surface area contributed by atoms with Crippen LogP contribution in [0.25, 0.3) is 0 Å². The predicted octanol–water partition coefficient (Wildman–Crippen LogP) is 1.44. The smallest absolute Gasteiger partial charge is 0.223 e. The van der Waals surface area contributed by atoms with Crippen molar-refractivity contribution in [2.45, 2.75) is 6.42 Å². The van der Waals surface area contributed by atoms with Crippen LogP contribution in [0.3, 0.4) is 0 Å². The van der Waals surface area contributed by atoms with Crippen molar-refractivity contribution in [2.75, 3.05) is 26.2 Å². The fourth-order valence-corrected chi connectivity index (χ4v) is 1.76. The van der Waals surface area contributed by atoms with Gasteiger partial charge in [0.05, 0.1) is 13.0 Å². The van der Waals surface area contributed by atoms with Gasteiger partial charge in [-0.25, -0.2) is 0 Å². The molecular formula is C13H17ClN2O2. The summed E-state index contributed by atoms with van der Waals surface area (Å²) in [7, 11) is 0. The molecule has 0 aliphatic carbocycles. The van der Waals surface area contributed by atoms with Crippen LogP contribution < -0.4 is 15.4 Å². The molecule has 18 heavy (non-hydrogen) atoms. The van der Waals surface area contributed by atoms with Crippen molar-refractivity contribution in [2.24, 2.45) is 5.92 Å². The van der Waals surface area contributed by atoms with Crippen LogP contribution in [0.2, 0.25) is 5.02 Å². The first-order valence-corrected chi connectivity index (χ1v) is 6.47. The van der Waals surface area contributed by atoms with E-state index in [4.69, 9.17) is 16.3 Å². The van der Waals surface area contributed by atoms with Crippen molar-refractivity contribution >= 4 is 17.5 Å². The molecule has 2 N–H and O–H groups in total. The van der Waals surface area contributed by atoms with Crippen molar-refractivity contribution in [3.05, 3.63) is 29.3 Å². The van der Waals surface area contributed by atoms with Crippen LogP contribution in [-0.2, 0) is 4.79 Å². The maximum absolute atomic E-state index is 11.5. The highest BCUT2D eigenvalue weighted by molar-refractivity contribution is 6.30. The number of amides is 1. The average Bonchev–Trinajstić information content (AvgIpc) is 2.30. The maximum Gasteiger partial charge on any atom is 0.223 e. The van der Waals surface area contributed by atoms with Gasteiger partial charge in [-0.05, 0) is 24.3 Å². The third kappa shape index (κ3) is 4.20. The molecule has 1 amide bonds. The van der Waals surface area contributed by atoms with Gasteiger partial charge in [-0.2, -0.15) is 0 Å². The van der Waals surface area contributed by atoms with Crippen LogP contribution in [0, 0.1) is 5.92 Å². The zero-order valence-corrected chi connectivity index (χ0v) is 10.9. The summed E-state index contributed by atoms with van der Waals surface area (Å²) in [6.07, 6.45) is 0.378. The van der Waals surface area contributed by atoms with Crippen molar-refractivity contribution in [3.8, 4) is 5.75 Å². The number of carbonyl (C=O) groups is 1. The van der Waals surface area contributed by atoms with E-state index in [1.54, 1.807) is 24.3 Å². The molecule has 0 spiro atoms. The van der Waals surface area contributed by atoms with Crippen molar-refractivity contribution < 1.29 is 9.53 Å². The second-order valence-corrected chi connectivity index (χ2v) is 4.82. The minimum absolute atomic E-state index is 0.0378. The van der Waals surface area contributed by atoms with E-state index in [2.05, 4.69) is 10.6 Å². The van der Waals surface area contributed by atoms with Crippen LogP contribution in [0.15, 0.2) is 24.3 Å². The van der Waals surface area contributed by atoms with E-state index in [9.17, 15) is 4.79 Å². The third-order valence-electron chi connectivity index (χ3n) is 2.87. The lowest BCUT2D eigenvalue weighted by Gasteiger charge is -2.27. The summed E-state index contributed by atoms with van der Waals surface area (Å²) in [5.74, 6) is 1.36.